The van der Waals surface area contributed by atoms with Crippen LogP contribution in [0.25, 0.3) is 0 Å². The molecule has 0 aliphatic heterocycles. The minimum Gasteiger partial charge on any atom is -0.302 e. The number of nitrogens with zero attached hydrogens (tertiary/aromatic N) is 1. The van der Waals surface area contributed by atoms with E-state index in [-0.39, 0.29) is 0 Å². The fourth-order valence-corrected chi connectivity index (χ4v) is 1.49. The van der Waals surface area contributed by atoms with Gasteiger partial charge in [0.25, 0.3) is 0 Å². The molecule has 0 N–H and O–H groups in total. The van der Waals surface area contributed by atoms with Crippen molar-refractivity contribution in [2.45, 2.75) is 33.6 Å². The normalized spacial score (nSPS) is 16.2. The first-order valence-electron chi connectivity index (χ1n) is 5.69. The zero-order chi connectivity index (χ0) is 11.0. The molecule has 0 amide bonds. The van der Waals surface area contributed by atoms with Crippen LogP contribution in [0.4, 0.5) is 0 Å². The molecule has 1 fully saturated rings. The number of hydrogen-bond donors (Lipinski definition) is 0. The summed E-state index contributed by atoms with van der Waals surface area (Å²) in [5, 5.41) is 0. The number of hydrogen-bond acceptors (Lipinski definition) is 1. The van der Waals surface area contributed by atoms with Crippen LogP contribution in [-0.4, -0.2) is 25.0 Å². The SMILES string of the molecule is C=C/C=C(\C)CN(C)CC1CC1.CC. The van der Waals surface area contributed by atoms with Crippen molar-refractivity contribution in [3.63, 3.8) is 0 Å². The predicted molar refractivity (Wildman–Crippen MR) is 65.5 cm³/mol. The highest BCUT2D eigenvalue weighted by Crippen LogP contribution is 2.29. The molecule has 0 atom stereocenters. The van der Waals surface area contributed by atoms with E-state index in [1.165, 1.54) is 25.0 Å². The van der Waals surface area contributed by atoms with Gasteiger partial charge in [0.2, 0.25) is 0 Å². The second-order valence-corrected chi connectivity index (χ2v) is 3.89. The lowest BCUT2D eigenvalue weighted by atomic mass is 10.2. The average Bonchev–Trinajstić information content (AvgIpc) is 2.92. The van der Waals surface area contributed by atoms with E-state index < -0.39 is 0 Å². The third-order valence-electron chi connectivity index (χ3n) is 2.19. The second kappa shape index (κ2) is 7.81. The zero-order valence-electron chi connectivity index (χ0n) is 10.2. The summed E-state index contributed by atoms with van der Waals surface area (Å²) in [4.78, 5) is 2.40. The maximum Gasteiger partial charge on any atom is 0.0190 e. The van der Waals surface area contributed by atoms with E-state index in [1.54, 1.807) is 0 Å². The Balaban J connectivity index is 0.000000791. The zero-order valence-corrected chi connectivity index (χ0v) is 10.2. The maximum atomic E-state index is 3.69. The van der Waals surface area contributed by atoms with Crippen LogP contribution in [0.1, 0.15) is 33.6 Å². The van der Waals surface area contributed by atoms with Gasteiger partial charge < -0.3 is 4.90 Å². The lowest BCUT2D eigenvalue weighted by molar-refractivity contribution is 0.346. The van der Waals surface area contributed by atoms with Gasteiger partial charge in [-0.1, -0.05) is 38.2 Å². The Morgan fingerprint density at radius 2 is 2.00 bits per heavy atom. The summed E-state index contributed by atoms with van der Waals surface area (Å²) in [7, 11) is 2.19. The maximum absolute atomic E-state index is 3.69. The van der Waals surface area contributed by atoms with E-state index in [4.69, 9.17) is 0 Å². The summed E-state index contributed by atoms with van der Waals surface area (Å²) in [5.41, 5.74) is 1.40. The third-order valence-corrected chi connectivity index (χ3v) is 2.19. The molecule has 0 heterocycles. The van der Waals surface area contributed by atoms with Gasteiger partial charge in [-0.15, -0.1) is 0 Å². The van der Waals surface area contributed by atoms with Gasteiger partial charge in [0, 0.05) is 13.1 Å². The van der Waals surface area contributed by atoms with Gasteiger partial charge in [0.05, 0.1) is 0 Å². The Labute approximate surface area is 89.5 Å². The summed E-state index contributed by atoms with van der Waals surface area (Å²) in [6.07, 6.45) is 6.83. The molecule has 0 spiro atoms. The molecular formula is C13H25N. The third kappa shape index (κ3) is 6.90. The molecule has 0 saturated heterocycles. The highest BCUT2D eigenvalue weighted by atomic mass is 15.1. The van der Waals surface area contributed by atoms with E-state index in [9.17, 15) is 0 Å². The van der Waals surface area contributed by atoms with Crippen molar-refractivity contribution >= 4 is 0 Å². The minimum absolute atomic E-state index is 0.992. The molecule has 0 radical (unpaired) electrons. The van der Waals surface area contributed by atoms with Gasteiger partial charge in [-0.3, -0.25) is 0 Å². The van der Waals surface area contributed by atoms with Crippen molar-refractivity contribution < 1.29 is 0 Å². The molecule has 1 aliphatic rings. The van der Waals surface area contributed by atoms with Crippen molar-refractivity contribution in [2.75, 3.05) is 20.1 Å². The second-order valence-electron chi connectivity index (χ2n) is 3.89. The van der Waals surface area contributed by atoms with Crippen LogP contribution in [0.15, 0.2) is 24.3 Å². The van der Waals surface area contributed by atoms with Gasteiger partial charge in [0.15, 0.2) is 0 Å². The van der Waals surface area contributed by atoms with Gasteiger partial charge in [-0.25, -0.2) is 0 Å². The Morgan fingerprint density at radius 3 is 2.43 bits per heavy atom. The fraction of sp³-hybridized carbons (Fsp3) is 0.692. The summed E-state index contributed by atoms with van der Waals surface area (Å²) in [6, 6.07) is 0. The Hall–Kier alpha value is -0.560. The number of rotatable bonds is 5. The molecule has 0 unspecified atom stereocenters. The van der Waals surface area contributed by atoms with Crippen LogP contribution in [0.5, 0.6) is 0 Å². The van der Waals surface area contributed by atoms with E-state index in [2.05, 4.69) is 31.5 Å². The van der Waals surface area contributed by atoms with Crippen molar-refractivity contribution in [2.24, 2.45) is 5.92 Å². The van der Waals surface area contributed by atoms with Gasteiger partial charge >= 0.3 is 0 Å². The first-order chi connectivity index (χ1) is 6.72. The fourth-order valence-electron chi connectivity index (χ4n) is 1.49. The molecule has 1 aliphatic carbocycles. The first kappa shape index (κ1) is 13.4. The summed E-state index contributed by atoms with van der Waals surface area (Å²) >= 11 is 0. The highest BCUT2D eigenvalue weighted by molar-refractivity contribution is 5.09. The largest absolute Gasteiger partial charge is 0.302 e. The summed E-state index contributed by atoms with van der Waals surface area (Å²) in [6.45, 7) is 12.2. The lowest BCUT2D eigenvalue weighted by Gasteiger charge is -2.15. The summed E-state index contributed by atoms with van der Waals surface area (Å²) in [5.74, 6) is 0.992. The molecular weight excluding hydrogens is 170 g/mol. The van der Waals surface area contributed by atoms with Crippen LogP contribution in [0.2, 0.25) is 0 Å². The predicted octanol–water partition coefficient (Wildman–Crippen LogP) is 3.49. The molecule has 0 aromatic rings. The van der Waals surface area contributed by atoms with Crippen molar-refractivity contribution in [3.05, 3.63) is 24.3 Å². The Bertz CT molecular complexity index is 178. The van der Waals surface area contributed by atoms with Crippen molar-refractivity contribution in [1.29, 1.82) is 0 Å². The Kier molecular flexibility index (Phi) is 7.50. The van der Waals surface area contributed by atoms with E-state index >= 15 is 0 Å². The van der Waals surface area contributed by atoms with Gasteiger partial charge in [0.1, 0.15) is 0 Å². The smallest absolute Gasteiger partial charge is 0.0190 e. The van der Waals surface area contributed by atoms with Crippen LogP contribution < -0.4 is 0 Å². The topological polar surface area (TPSA) is 3.24 Å². The van der Waals surface area contributed by atoms with E-state index in [0.717, 1.165) is 12.5 Å². The monoisotopic (exact) mass is 195 g/mol. The average molecular weight is 195 g/mol. The van der Waals surface area contributed by atoms with E-state index in [0.29, 0.717) is 0 Å². The molecule has 1 heteroatoms. The number of likely N-dealkylation sites (N-methyl/N-ethyl adjacent to an activating group) is 1. The molecule has 1 rings (SSSR count). The number of allylic oxidation sites excluding steroid dienone is 2. The van der Waals surface area contributed by atoms with Gasteiger partial charge in [-0.2, -0.15) is 0 Å². The molecule has 1 saturated carbocycles. The summed E-state index contributed by atoms with van der Waals surface area (Å²) < 4.78 is 0. The van der Waals surface area contributed by atoms with Crippen LogP contribution in [-0.2, 0) is 0 Å². The van der Waals surface area contributed by atoms with E-state index in [1.807, 2.05) is 19.9 Å². The Morgan fingerprint density at radius 1 is 1.43 bits per heavy atom. The van der Waals surface area contributed by atoms with Crippen molar-refractivity contribution in [1.82, 2.24) is 4.90 Å². The van der Waals surface area contributed by atoms with Crippen LogP contribution in [0.3, 0.4) is 0 Å². The molecule has 0 aromatic heterocycles. The molecule has 0 aromatic carbocycles. The standard InChI is InChI=1S/C11H19N.C2H6/c1-4-5-10(2)8-12(3)9-11-6-7-11;1-2/h4-5,11H,1,6-9H2,2-3H3;1-2H3/b10-5+;. The van der Waals surface area contributed by atoms with Crippen molar-refractivity contribution in [3.8, 4) is 0 Å². The van der Waals surface area contributed by atoms with Gasteiger partial charge in [-0.05, 0) is 32.7 Å². The van der Waals surface area contributed by atoms with Crippen LogP contribution >= 0.6 is 0 Å². The molecule has 0 bridgehead atoms. The lowest BCUT2D eigenvalue weighted by Crippen LogP contribution is -2.22. The van der Waals surface area contributed by atoms with Crippen LogP contribution in [0, 0.1) is 5.92 Å². The minimum atomic E-state index is 0.992. The molecule has 1 nitrogen and oxygen atoms in total. The quantitative estimate of drug-likeness (QED) is 0.607. The highest BCUT2D eigenvalue weighted by Gasteiger charge is 2.22. The molecule has 82 valence electrons. The molecule has 14 heavy (non-hydrogen) atoms. The first-order valence-corrected chi connectivity index (χ1v) is 5.69.